The molecule has 0 atom stereocenters. The second-order valence-corrected chi connectivity index (χ2v) is 5.19. The predicted octanol–water partition coefficient (Wildman–Crippen LogP) is 3.06. The van der Waals surface area contributed by atoms with Crippen LogP contribution in [0.5, 0.6) is 0 Å². The molecule has 1 saturated carbocycles. The van der Waals surface area contributed by atoms with E-state index in [4.69, 9.17) is 0 Å². The van der Waals surface area contributed by atoms with Crippen LogP contribution in [0.1, 0.15) is 50.2 Å². The molecule has 8 heteroatoms. The van der Waals surface area contributed by atoms with Crippen molar-refractivity contribution in [1.82, 2.24) is 10.1 Å². The summed E-state index contributed by atoms with van der Waals surface area (Å²) < 4.78 is 41.8. The van der Waals surface area contributed by atoms with Crippen molar-refractivity contribution >= 4 is 5.97 Å². The lowest BCUT2D eigenvalue weighted by Gasteiger charge is -2.26. The second kappa shape index (κ2) is 5.41. The Balaban J connectivity index is 2.20. The zero-order chi connectivity index (χ0) is 14.8. The monoisotopic (exact) mass is 292 g/mol. The first-order valence-corrected chi connectivity index (χ1v) is 6.47. The van der Waals surface area contributed by atoms with Crippen molar-refractivity contribution in [3.8, 4) is 0 Å². The van der Waals surface area contributed by atoms with Gasteiger partial charge in [0, 0.05) is 6.42 Å². The Morgan fingerprint density at radius 1 is 1.25 bits per heavy atom. The summed E-state index contributed by atoms with van der Waals surface area (Å²) in [6, 6.07) is 0. The molecule has 0 unspecified atom stereocenters. The van der Waals surface area contributed by atoms with Crippen LogP contribution in [-0.4, -0.2) is 21.2 Å². The Morgan fingerprint density at radius 3 is 2.30 bits per heavy atom. The third-order valence-corrected chi connectivity index (χ3v) is 3.73. The molecule has 1 N–H and O–H groups in total. The number of carboxylic acid groups (broad SMARTS) is 1. The van der Waals surface area contributed by atoms with Crippen LogP contribution >= 0.6 is 0 Å². The third-order valence-electron chi connectivity index (χ3n) is 3.73. The molecular formula is C12H15F3N2O3. The van der Waals surface area contributed by atoms with E-state index in [1.165, 1.54) is 0 Å². The molecule has 1 aromatic heterocycles. The summed E-state index contributed by atoms with van der Waals surface area (Å²) in [5, 5.41) is 12.3. The SMILES string of the molecule is O=C(O)C1(Cc2nc(C(F)(F)F)no2)CCCCCC1. The lowest BCUT2D eigenvalue weighted by Crippen LogP contribution is -2.33. The van der Waals surface area contributed by atoms with Gasteiger partial charge in [0.25, 0.3) is 5.82 Å². The Bertz CT molecular complexity index is 477. The van der Waals surface area contributed by atoms with Crippen molar-refractivity contribution in [2.45, 2.75) is 51.1 Å². The van der Waals surface area contributed by atoms with E-state index in [0.717, 1.165) is 25.7 Å². The number of carboxylic acids is 1. The highest BCUT2D eigenvalue weighted by atomic mass is 19.4. The first-order chi connectivity index (χ1) is 9.33. The lowest BCUT2D eigenvalue weighted by atomic mass is 9.77. The van der Waals surface area contributed by atoms with Crippen LogP contribution in [0.25, 0.3) is 0 Å². The first kappa shape index (κ1) is 14.8. The van der Waals surface area contributed by atoms with E-state index in [-0.39, 0.29) is 12.3 Å². The van der Waals surface area contributed by atoms with Crippen molar-refractivity contribution in [3.63, 3.8) is 0 Å². The topological polar surface area (TPSA) is 76.2 Å². The average Bonchev–Trinajstić information content (AvgIpc) is 2.68. The molecule has 1 aromatic rings. The molecule has 1 aliphatic rings. The van der Waals surface area contributed by atoms with Crippen molar-refractivity contribution < 1.29 is 27.6 Å². The minimum atomic E-state index is -4.68. The number of hydrogen-bond acceptors (Lipinski definition) is 4. The first-order valence-electron chi connectivity index (χ1n) is 6.47. The van der Waals surface area contributed by atoms with Crippen molar-refractivity contribution in [1.29, 1.82) is 0 Å². The zero-order valence-corrected chi connectivity index (χ0v) is 10.7. The number of carbonyl (C=O) groups is 1. The maximum Gasteiger partial charge on any atom is 0.455 e. The van der Waals surface area contributed by atoms with Crippen LogP contribution in [0.4, 0.5) is 13.2 Å². The van der Waals surface area contributed by atoms with Crippen LogP contribution in [-0.2, 0) is 17.4 Å². The van der Waals surface area contributed by atoms with Crippen molar-refractivity contribution in [3.05, 3.63) is 11.7 Å². The van der Waals surface area contributed by atoms with Crippen LogP contribution in [0, 0.1) is 5.41 Å². The molecule has 0 radical (unpaired) electrons. The fourth-order valence-corrected chi connectivity index (χ4v) is 2.60. The van der Waals surface area contributed by atoms with Gasteiger partial charge in [-0.1, -0.05) is 30.8 Å². The molecule has 0 spiro atoms. The summed E-state index contributed by atoms with van der Waals surface area (Å²) in [7, 11) is 0. The fourth-order valence-electron chi connectivity index (χ4n) is 2.60. The minimum Gasteiger partial charge on any atom is -0.481 e. The number of aromatic nitrogens is 2. The number of halogens is 3. The summed E-state index contributed by atoms with van der Waals surface area (Å²) in [4.78, 5) is 14.8. The molecule has 5 nitrogen and oxygen atoms in total. The van der Waals surface area contributed by atoms with Crippen LogP contribution in [0.15, 0.2) is 4.52 Å². The molecule has 112 valence electrons. The summed E-state index contributed by atoms with van der Waals surface area (Å²) in [5.74, 6) is -2.63. The lowest BCUT2D eigenvalue weighted by molar-refractivity contribution is -0.150. The number of rotatable bonds is 3. The maximum absolute atomic E-state index is 12.4. The molecule has 1 fully saturated rings. The highest BCUT2D eigenvalue weighted by molar-refractivity contribution is 5.74. The van der Waals surface area contributed by atoms with Gasteiger partial charge in [0.2, 0.25) is 5.89 Å². The maximum atomic E-state index is 12.4. The molecule has 1 heterocycles. The van der Waals surface area contributed by atoms with Gasteiger partial charge in [-0.25, -0.2) is 0 Å². The van der Waals surface area contributed by atoms with Gasteiger partial charge in [0.05, 0.1) is 5.41 Å². The number of alkyl halides is 3. The van der Waals surface area contributed by atoms with Crippen molar-refractivity contribution in [2.24, 2.45) is 5.41 Å². The van der Waals surface area contributed by atoms with Gasteiger partial charge in [-0.3, -0.25) is 4.79 Å². The van der Waals surface area contributed by atoms with Crippen LogP contribution in [0.3, 0.4) is 0 Å². The van der Waals surface area contributed by atoms with Gasteiger partial charge in [0.1, 0.15) is 0 Å². The molecule has 0 bridgehead atoms. The van der Waals surface area contributed by atoms with E-state index in [9.17, 15) is 23.1 Å². The Hall–Kier alpha value is -1.60. The fraction of sp³-hybridized carbons (Fsp3) is 0.750. The number of aliphatic carboxylic acids is 1. The van der Waals surface area contributed by atoms with E-state index in [1.807, 2.05) is 0 Å². The van der Waals surface area contributed by atoms with E-state index >= 15 is 0 Å². The van der Waals surface area contributed by atoms with E-state index in [2.05, 4.69) is 14.7 Å². The van der Waals surface area contributed by atoms with Crippen LogP contribution < -0.4 is 0 Å². The zero-order valence-electron chi connectivity index (χ0n) is 10.7. The van der Waals surface area contributed by atoms with Gasteiger partial charge >= 0.3 is 12.1 Å². The highest BCUT2D eigenvalue weighted by Crippen LogP contribution is 2.38. The predicted molar refractivity (Wildman–Crippen MR) is 60.8 cm³/mol. The Morgan fingerprint density at radius 2 is 1.85 bits per heavy atom. The van der Waals surface area contributed by atoms with E-state index in [0.29, 0.717) is 12.8 Å². The normalized spacial score (nSPS) is 19.6. The van der Waals surface area contributed by atoms with Crippen LogP contribution in [0.2, 0.25) is 0 Å². The summed E-state index contributed by atoms with van der Waals surface area (Å²) >= 11 is 0. The molecule has 2 rings (SSSR count). The molecular weight excluding hydrogens is 277 g/mol. The largest absolute Gasteiger partial charge is 0.481 e. The summed E-state index contributed by atoms with van der Waals surface area (Å²) in [6.45, 7) is 0. The standard InChI is InChI=1S/C12H15F3N2O3/c13-12(14,15)9-16-8(20-17-9)7-11(10(18)19)5-3-1-2-4-6-11/h1-7H2,(H,18,19). The van der Waals surface area contributed by atoms with E-state index < -0.39 is 23.4 Å². The molecule has 0 amide bonds. The molecule has 1 aliphatic carbocycles. The Kier molecular flexibility index (Phi) is 4.01. The third kappa shape index (κ3) is 3.10. The smallest absolute Gasteiger partial charge is 0.455 e. The average molecular weight is 292 g/mol. The minimum absolute atomic E-state index is 0.147. The molecule has 20 heavy (non-hydrogen) atoms. The second-order valence-electron chi connectivity index (χ2n) is 5.19. The number of nitrogens with zero attached hydrogens (tertiary/aromatic N) is 2. The molecule has 0 aliphatic heterocycles. The van der Waals surface area contributed by atoms with Gasteiger partial charge in [-0.15, -0.1) is 0 Å². The van der Waals surface area contributed by atoms with Gasteiger partial charge in [0.15, 0.2) is 0 Å². The Labute approximate surface area is 113 Å². The van der Waals surface area contributed by atoms with Gasteiger partial charge < -0.3 is 9.63 Å². The van der Waals surface area contributed by atoms with Gasteiger partial charge in [-0.2, -0.15) is 18.2 Å². The molecule has 0 aromatic carbocycles. The van der Waals surface area contributed by atoms with Gasteiger partial charge in [-0.05, 0) is 12.8 Å². The quantitative estimate of drug-likeness (QED) is 0.866. The van der Waals surface area contributed by atoms with Crippen molar-refractivity contribution in [2.75, 3.05) is 0 Å². The summed E-state index contributed by atoms with van der Waals surface area (Å²) in [5.41, 5.74) is -1.09. The number of hydrogen-bond donors (Lipinski definition) is 1. The highest BCUT2D eigenvalue weighted by Gasteiger charge is 2.42. The van der Waals surface area contributed by atoms with E-state index in [1.54, 1.807) is 0 Å². The summed E-state index contributed by atoms with van der Waals surface area (Å²) in [6.07, 6.45) is -0.621. The molecule has 0 saturated heterocycles.